The van der Waals surface area contributed by atoms with Gasteiger partial charge in [0.1, 0.15) is 0 Å². The molecule has 0 amide bonds. The van der Waals surface area contributed by atoms with Crippen LogP contribution in [0.5, 0.6) is 0 Å². The maximum atomic E-state index is 5.92. The Labute approximate surface area is 125 Å². The molecule has 114 valence electrons. The molecule has 1 aromatic rings. The zero-order valence-corrected chi connectivity index (χ0v) is 14.6. The molecule has 0 atom stereocenters. The van der Waals surface area contributed by atoms with Crippen molar-refractivity contribution >= 4 is 12.7 Å². The zero-order valence-electron chi connectivity index (χ0n) is 14.6. The summed E-state index contributed by atoms with van der Waals surface area (Å²) in [6, 6.07) is 5.88. The molecule has 1 fully saturated rings. The van der Waals surface area contributed by atoms with Crippen LogP contribution in [-0.2, 0) is 9.31 Å². The lowest BCUT2D eigenvalue weighted by Gasteiger charge is -2.32. The molecule has 1 aliphatic rings. The van der Waals surface area contributed by atoms with E-state index >= 15 is 0 Å². The fourth-order valence-electron chi connectivity index (χ4n) is 1.66. The number of pyridine rings is 1. The second-order valence-corrected chi connectivity index (χ2v) is 5.29. The van der Waals surface area contributed by atoms with Crippen LogP contribution in [0, 0.1) is 6.92 Å². The number of rotatable bonds is 1. The molecule has 2 rings (SSSR count). The number of hydrogen-bond donors (Lipinski definition) is 0. The molecule has 2 heterocycles. The van der Waals surface area contributed by atoms with Crippen LogP contribution in [0.4, 0.5) is 0 Å². The highest BCUT2D eigenvalue weighted by molar-refractivity contribution is 6.61. The minimum Gasteiger partial charge on any atom is -0.398 e. The zero-order chi connectivity index (χ0) is 16.0. The summed E-state index contributed by atoms with van der Waals surface area (Å²) in [6.45, 7) is 18.1. The fraction of sp³-hybridized carbons (Fsp3) is 0.688. The van der Waals surface area contributed by atoms with E-state index < -0.39 is 0 Å². The van der Waals surface area contributed by atoms with E-state index in [9.17, 15) is 0 Å². The quantitative estimate of drug-likeness (QED) is 0.734. The molecule has 0 spiro atoms. The van der Waals surface area contributed by atoms with Crippen molar-refractivity contribution in [2.75, 3.05) is 0 Å². The Hall–Kier alpha value is -0.865. The predicted octanol–water partition coefficient (Wildman–Crippen LogP) is 3.74. The van der Waals surface area contributed by atoms with Crippen LogP contribution in [0.2, 0.25) is 0 Å². The summed E-state index contributed by atoms with van der Waals surface area (Å²) >= 11 is 0. The Bertz CT molecular complexity index is 389. The average Bonchev–Trinajstić information content (AvgIpc) is 2.63. The number of nitrogens with zero attached hydrogens (tertiary/aromatic N) is 1. The van der Waals surface area contributed by atoms with Gasteiger partial charge < -0.3 is 9.31 Å². The van der Waals surface area contributed by atoms with Crippen molar-refractivity contribution in [1.29, 1.82) is 0 Å². The molecule has 20 heavy (non-hydrogen) atoms. The van der Waals surface area contributed by atoms with Gasteiger partial charge in [-0.3, -0.25) is 4.98 Å². The van der Waals surface area contributed by atoms with Gasteiger partial charge in [-0.2, -0.15) is 0 Å². The SMILES string of the molecule is CC.CC.Cc1cccc(B2OC(C)(C)C(C)(C)O2)n1. The van der Waals surface area contributed by atoms with Gasteiger partial charge in [-0.15, -0.1) is 0 Å². The molecule has 0 aromatic carbocycles. The van der Waals surface area contributed by atoms with Crippen LogP contribution < -0.4 is 5.59 Å². The number of aromatic nitrogens is 1. The summed E-state index contributed by atoms with van der Waals surface area (Å²) in [6.07, 6.45) is 0. The molecule has 4 heteroatoms. The highest BCUT2D eigenvalue weighted by Gasteiger charge is 2.52. The lowest BCUT2D eigenvalue weighted by Crippen LogP contribution is -2.41. The van der Waals surface area contributed by atoms with E-state index in [1.54, 1.807) is 0 Å². The second-order valence-electron chi connectivity index (χ2n) is 5.29. The Morgan fingerprint density at radius 2 is 1.35 bits per heavy atom. The topological polar surface area (TPSA) is 31.4 Å². The van der Waals surface area contributed by atoms with Crippen molar-refractivity contribution in [1.82, 2.24) is 4.98 Å². The largest absolute Gasteiger partial charge is 0.514 e. The molecule has 0 radical (unpaired) electrons. The summed E-state index contributed by atoms with van der Waals surface area (Å²) in [4.78, 5) is 4.44. The minimum atomic E-state index is -0.357. The Balaban J connectivity index is 0.000000829. The maximum absolute atomic E-state index is 5.92. The average molecular weight is 279 g/mol. The van der Waals surface area contributed by atoms with E-state index in [-0.39, 0.29) is 18.3 Å². The molecule has 1 aromatic heterocycles. The third-order valence-corrected chi connectivity index (χ3v) is 3.40. The van der Waals surface area contributed by atoms with Crippen molar-refractivity contribution in [2.24, 2.45) is 0 Å². The third kappa shape index (κ3) is 4.32. The van der Waals surface area contributed by atoms with E-state index in [1.165, 1.54) is 0 Å². The maximum Gasteiger partial charge on any atom is 0.514 e. The van der Waals surface area contributed by atoms with Gasteiger partial charge in [-0.05, 0) is 46.8 Å². The van der Waals surface area contributed by atoms with Gasteiger partial charge in [-0.1, -0.05) is 33.8 Å². The highest BCUT2D eigenvalue weighted by atomic mass is 16.7. The van der Waals surface area contributed by atoms with Crippen molar-refractivity contribution in [3.8, 4) is 0 Å². The Kier molecular flexibility index (Phi) is 7.46. The monoisotopic (exact) mass is 279 g/mol. The van der Waals surface area contributed by atoms with E-state index in [0.29, 0.717) is 0 Å². The van der Waals surface area contributed by atoms with Gasteiger partial charge in [0.05, 0.1) is 16.8 Å². The molecular formula is C16H30BNO2. The van der Waals surface area contributed by atoms with Crippen LogP contribution in [0.25, 0.3) is 0 Å². The van der Waals surface area contributed by atoms with Crippen LogP contribution in [0.15, 0.2) is 18.2 Å². The number of hydrogen-bond acceptors (Lipinski definition) is 3. The highest BCUT2D eigenvalue weighted by Crippen LogP contribution is 2.36. The molecule has 1 saturated heterocycles. The van der Waals surface area contributed by atoms with Gasteiger partial charge >= 0.3 is 7.12 Å². The Morgan fingerprint density at radius 3 is 1.75 bits per heavy atom. The van der Waals surface area contributed by atoms with Gasteiger partial charge in [0.25, 0.3) is 0 Å². The molecule has 0 bridgehead atoms. The van der Waals surface area contributed by atoms with Crippen LogP contribution in [0.3, 0.4) is 0 Å². The van der Waals surface area contributed by atoms with Crippen molar-refractivity contribution in [3.05, 3.63) is 23.9 Å². The van der Waals surface area contributed by atoms with E-state index in [0.717, 1.165) is 11.3 Å². The van der Waals surface area contributed by atoms with Crippen molar-refractivity contribution in [3.63, 3.8) is 0 Å². The van der Waals surface area contributed by atoms with Gasteiger partial charge in [0.2, 0.25) is 0 Å². The van der Waals surface area contributed by atoms with Crippen molar-refractivity contribution in [2.45, 2.75) is 73.5 Å². The fourth-order valence-corrected chi connectivity index (χ4v) is 1.66. The standard InChI is InChI=1S/C12H18BNO2.2C2H6/c1-9-7-6-8-10(14-9)13-15-11(2,3)12(4,5)16-13;2*1-2/h6-8H,1-5H3;2*1-2H3. The first-order chi connectivity index (χ1) is 9.32. The molecule has 0 N–H and O–H groups in total. The normalized spacial score (nSPS) is 18.6. The molecule has 0 unspecified atom stereocenters. The van der Waals surface area contributed by atoms with Crippen LogP contribution >= 0.6 is 0 Å². The van der Waals surface area contributed by atoms with Gasteiger partial charge in [0, 0.05) is 5.69 Å². The van der Waals surface area contributed by atoms with E-state index in [4.69, 9.17) is 9.31 Å². The summed E-state index contributed by atoms with van der Waals surface area (Å²) < 4.78 is 11.8. The summed E-state index contributed by atoms with van der Waals surface area (Å²) in [7, 11) is -0.357. The summed E-state index contributed by atoms with van der Waals surface area (Å²) in [5.74, 6) is 0. The van der Waals surface area contributed by atoms with E-state index in [2.05, 4.69) is 4.98 Å². The first-order valence-electron chi connectivity index (χ1n) is 7.61. The summed E-state index contributed by atoms with van der Waals surface area (Å²) in [5.41, 5.74) is 1.22. The first-order valence-corrected chi connectivity index (χ1v) is 7.61. The summed E-state index contributed by atoms with van der Waals surface area (Å²) in [5, 5.41) is 0. The lowest BCUT2D eigenvalue weighted by atomic mass is 9.84. The molecular weight excluding hydrogens is 249 g/mol. The van der Waals surface area contributed by atoms with Crippen LogP contribution in [-0.4, -0.2) is 23.3 Å². The van der Waals surface area contributed by atoms with Crippen LogP contribution in [0.1, 0.15) is 61.1 Å². The lowest BCUT2D eigenvalue weighted by molar-refractivity contribution is 0.00578. The predicted molar refractivity (Wildman–Crippen MR) is 87.4 cm³/mol. The first kappa shape index (κ1) is 19.1. The number of aryl methyl sites for hydroxylation is 1. The molecule has 1 aliphatic heterocycles. The second kappa shape index (κ2) is 7.80. The third-order valence-electron chi connectivity index (χ3n) is 3.40. The van der Waals surface area contributed by atoms with Crippen molar-refractivity contribution < 1.29 is 9.31 Å². The molecule has 0 saturated carbocycles. The minimum absolute atomic E-state index is 0.302. The molecule has 0 aliphatic carbocycles. The van der Waals surface area contributed by atoms with Gasteiger partial charge in [-0.25, -0.2) is 0 Å². The molecule has 3 nitrogen and oxygen atoms in total. The van der Waals surface area contributed by atoms with Gasteiger partial charge in [0.15, 0.2) is 0 Å². The smallest absolute Gasteiger partial charge is 0.398 e. The Morgan fingerprint density at radius 1 is 0.900 bits per heavy atom. The van der Waals surface area contributed by atoms with E-state index in [1.807, 2.05) is 80.5 Å².